The van der Waals surface area contributed by atoms with Crippen LogP contribution in [0, 0.1) is 11.3 Å². The Kier molecular flexibility index (Phi) is 5.22. The van der Waals surface area contributed by atoms with Gasteiger partial charge in [0.25, 0.3) is 0 Å². The lowest BCUT2D eigenvalue weighted by atomic mass is 10.2. The van der Waals surface area contributed by atoms with Gasteiger partial charge in [-0.05, 0) is 32.9 Å². The monoisotopic (exact) mass is 317 g/mol. The zero-order valence-corrected chi connectivity index (χ0v) is 14.2. The Morgan fingerprint density at radius 3 is 2.61 bits per heavy atom. The second-order valence-electron chi connectivity index (χ2n) is 7.05. The number of piperazine rings is 1. The fourth-order valence-corrected chi connectivity index (χ4v) is 2.76. The smallest absolute Gasteiger partial charge is 0.410 e. The van der Waals surface area contributed by atoms with E-state index in [2.05, 4.69) is 11.1 Å². The second-order valence-corrected chi connectivity index (χ2v) is 7.05. The maximum absolute atomic E-state index is 12.2. The van der Waals surface area contributed by atoms with Crippen LogP contribution in [-0.4, -0.2) is 58.8 Å². The van der Waals surface area contributed by atoms with Gasteiger partial charge in [-0.3, -0.25) is 9.88 Å². The van der Waals surface area contributed by atoms with Crippen molar-refractivity contribution in [2.75, 3.05) is 32.7 Å². The highest BCUT2D eigenvalue weighted by molar-refractivity contribution is 5.68. The molecule has 0 unspecified atom stereocenters. The molecule has 1 aromatic rings. The molecule has 2 heterocycles. The molecule has 0 atom stereocenters. The first-order valence-electron chi connectivity index (χ1n) is 7.93. The van der Waals surface area contributed by atoms with Crippen LogP contribution in [-0.2, 0) is 11.3 Å². The molecule has 6 nitrogen and oxygen atoms in total. The molecule has 0 spiro atoms. The van der Waals surface area contributed by atoms with Gasteiger partial charge in [0.15, 0.2) is 6.54 Å². The van der Waals surface area contributed by atoms with Gasteiger partial charge in [-0.2, -0.15) is 5.26 Å². The number of carbonyl (C=O) groups excluding carboxylic acids is 1. The van der Waals surface area contributed by atoms with Crippen molar-refractivity contribution in [1.29, 1.82) is 5.26 Å². The van der Waals surface area contributed by atoms with Gasteiger partial charge in [0, 0.05) is 6.20 Å². The summed E-state index contributed by atoms with van der Waals surface area (Å²) in [5, 5.41) is 9.20. The van der Waals surface area contributed by atoms with Gasteiger partial charge in [-0.1, -0.05) is 6.07 Å². The lowest BCUT2D eigenvalue weighted by Crippen LogP contribution is -2.60. The fourth-order valence-electron chi connectivity index (χ4n) is 2.76. The van der Waals surface area contributed by atoms with Crippen LogP contribution in [0.4, 0.5) is 4.79 Å². The number of rotatable bonds is 3. The number of hydrogen-bond donors (Lipinski definition) is 0. The van der Waals surface area contributed by atoms with E-state index in [-0.39, 0.29) is 6.09 Å². The minimum Gasteiger partial charge on any atom is -0.444 e. The third-order valence-corrected chi connectivity index (χ3v) is 3.97. The number of ether oxygens (including phenoxy) is 1. The van der Waals surface area contributed by atoms with Gasteiger partial charge >= 0.3 is 6.09 Å². The molecular weight excluding hydrogens is 292 g/mol. The first-order valence-corrected chi connectivity index (χ1v) is 7.93. The summed E-state index contributed by atoms with van der Waals surface area (Å²) in [4.78, 5) is 18.3. The van der Waals surface area contributed by atoms with E-state index < -0.39 is 5.60 Å². The summed E-state index contributed by atoms with van der Waals surface area (Å²) in [7, 11) is 0. The normalized spacial score (nSPS) is 17.4. The molecule has 0 radical (unpaired) electrons. The molecule has 0 N–H and O–H groups in total. The van der Waals surface area contributed by atoms with Crippen LogP contribution in [0.1, 0.15) is 26.5 Å². The van der Waals surface area contributed by atoms with Crippen molar-refractivity contribution in [2.24, 2.45) is 0 Å². The van der Waals surface area contributed by atoms with Crippen molar-refractivity contribution >= 4 is 6.09 Å². The van der Waals surface area contributed by atoms with Crippen molar-refractivity contribution in [1.82, 2.24) is 9.88 Å². The molecule has 1 aromatic heterocycles. The minimum absolute atomic E-state index is 0.273. The highest BCUT2D eigenvalue weighted by Gasteiger charge is 2.36. The molecule has 1 aliphatic heterocycles. The average Bonchev–Trinajstić information content (AvgIpc) is 2.47. The summed E-state index contributed by atoms with van der Waals surface area (Å²) in [6.45, 7) is 9.43. The van der Waals surface area contributed by atoms with E-state index in [1.165, 1.54) is 0 Å². The Bertz CT molecular complexity index is 566. The Morgan fingerprint density at radius 2 is 2.09 bits per heavy atom. The number of amides is 1. The second kappa shape index (κ2) is 6.97. The number of quaternary nitrogens is 1. The van der Waals surface area contributed by atoms with Crippen molar-refractivity contribution in [3.8, 4) is 6.07 Å². The van der Waals surface area contributed by atoms with Crippen LogP contribution < -0.4 is 0 Å². The van der Waals surface area contributed by atoms with Gasteiger partial charge in [-0.15, -0.1) is 0 Å². The first-order chi connectivity index (χ1) is 10.8. The standard InChI is InChI=1S/C17H25N4O2/c1-17(2,3)23-16(22)20-9-12-21(11-7-18,13-10-20)14-15-6-4-5-8-19-15/h4-6,8H,9-14H2,1-3H3/q+1. The SMILES string of the molecule is CC(C)(C)OC(=O)N1CC[N+](CC#N)(Cc2ccccn2)CC1. The van der Waals surface area contributed by atoms with Crippen molar-refractivity contribution in [3.05, 3.63) is 30.1 Å². The third-order valence-electron chi connectivity index (χ3n) is 3.97. The zero-order valence-electron chi connectivity index (χ0n) is 14.2. The predicted octanol–water partition coefficient (Wildman–Crippen LogP) is 2.17. The van der Waals surface area contributed by atoms with Gasteiger partial charge in [-0.25, -0.2) is 4.79 Å². The summed E-state index contributed by atoms with van der Waals surface area (Å²) >= 11 is 0. The average molecular weight is 317 g/mol. The van der Waals surface area contributed by atoms with Crippen LogP contribution in [0.5, 0.6) is 0 Å². The number of pyridine rings is 1. The van der Waals surface area contributed by atoms with Crippen LogP contribution in [0.2, 0.25) is 0 Å². The lowest BCUT2D eigenvalue weighted by Gasteiger charge is -2.43. The van der Waals surface area contributed by atoms with E-state index in [0.717, 1.165) is 25.3 Å². The van der Waals surface area contributed by atoms with E-state index in [1.807, 2.05) is 39.0 Å². The quantitative estimate of drug-likeness (QED) is 0.633. The number of carbonyl (C=O) groups is 1. The molecule has 6 heteroatoms. The van der Waals surface area contributed by atoms with Crippen molar-refractivity contribution in [2.45, 2.75) is 32.9 Å². The van der Waals surface area contributed by atoms with E-state index in [9.17, 15) is 10.1 Å². The molecule has 1 saturated heterocycles. The Morgan fingerprint density at radius 1 is 1.39 bits per heavy atom. The molecule has 0 aliphatic carbocycles. The lowest BCUT2D eigenvalue weighted by molar-refractivity contribution is -0.938. The fraction of sp³-hybridized carbons (Fsp3) is 0.588. The van der Waals surface area contributed by atoms with Gasteiger partial charge in [0.1, 0.15) is 18.2 Å². The number of nitrogens with zero attached hydrogens (tertiary/aromatic N) is 4. The molecule has 2 rings (SSSR count). The van der Waals surface area contributed by atoms with E-state index in [4.69, 9.17) is 4.74 Å². The first kappa shape index (κ1) is 17.2. The molecule has 1 fully saturated rings. The Labute approximate surface area is 137 Å². The number of hydrogen-bond acceptors (Lipinski definition) is 4. The zero-order chi connectivity index (χ0) is 16.9. The van der Waals surface area contributed by atoms with E-state index >= 15 is 0 Å². The Balaban J connectivity index is 2.00. The summed E-state index contributed by atoms with van der Waals surface area (Å²) < 4.78 is 6.07. The summed E-state index contributed by atoms with van der Waals surface area (Å²) in [6.07, 6.45) is 1.50. The largest absolute Gasteiger partial charge is 0.444 e. The molecule has 0 bridgehead atoms. The molecule has 0 saturated carbocycles. The maximum Gasteiger partial charge on any atom is 0.410 e. The highest BCUT2D eigenvalue weighted by atomic mass is 16.6. The maximum atomic E-state index is 12.2. The van der Waals surface area contributed by atoms with Gasteiger partial charge in [0.2, 0.25) is 0 Å². The summed E-state index contributed by atoms with van der Waals surface area (Å²) in [6, 6.07) is 8.12. The molecular formula is C17H25N4O2+. The van der Waals surface area contributed by atoms with Crippen LogP contribution in [0.15, 0.2) is 24.4 Å². The van der Waals surface area contributed by atoms with Crippen LogP contribution in [0.3, 0.4) is 0 Å². The summed E-state index contributed by atoms with van der Waals surface area (Å²) in [5.41, 5.74) is 0.495. The van der Waals surface area contributed by atoms with Crippen molar-refractivity contribution < 1.29 is 14.0 Å². The third kappa shape index (κ3) is 4.93. The van der Waals surface area contributed by atoms with Gasteiger partial charge < -0.3 is 9.22 Å². The molecule has 124 valence electrons. The molecule has 1 amide bonds. The van der Waals surface area contributed by atoms with Crippen molar-refractivity contribution in [3.63, 3.8) is 0 Å². The highest BCUT2D eigenvalue weighted by Crippen LogP contribution is 2.19. The van der Waals surface area contributed by atoms with Gasteiger partial charge in [0.05, 0.1) is 31.9 Å². The summed E-state index contributed by atoms with van der Waals surface area (Å²) in [5.74, 6) is 0. The molecule has 23 heavy (non-hydrogen) atoms. The topological polar surface area (TPSA) is 66.2 Å². The van der Waals surface area contributed by atoms with E-state index in [1.54, 1.807) is 11.1 Å². The van der Waals surface area contributed by atoms with E-state index in [0.29, 0.717) is 24.1 Å². The predicted molar refractivity (Wildman–Crippen MR) is 86.2 cm³/mol. The minimum atomic E-state index is -0.485. The van der Waals surface area contributed by atoms with Crippen LogP contribution >= 0.6 is 0 Å². The number of aromatic nitrogens is 1. The Hall–Kier alpha value is -2.13. The molecule has 0 aromatic carbocycles. The molecule has 1 aliphatic rings. The van der Waals surface area contributed by atoms with Crippen LogP contribution in [0.25, 0.3) is 0 Å². The number of nitriles is 1.